The van der Waals surface area contributed by atoms with Gasteiger partial charge in [0.05, 0.1) is 7.11 Å². The van der Waals surface area contributed by atoms with E-state index in [9.17, 15) is 0 Å². The molecular weight excluding hydrogens is 172 g/mol. The number of hydrogen-bond acceptors (Lipinski definition) is 1. The maximum Gasteiger partial charge on any atom is 0.119 e. The number of rotatable bonds is 3. The van der Waals surface area contributed by atoms with E-state index in [1.54, 1.807) is 7.11 Å². The topological polar surface area (TPSA) is 9.23 Å². The summed E-state index contributed by atoms with van der Waals surface area (Å²) in [4.78, 5) is 0. The molecule has 0 N–H and O–H groups in total. The zero-order valence-electron chi connectivity index (χ0n) is 9.42. The van der Waals surface area contributed by atoms with E-state index in [1.807, 2.05) is 12.1 Å². The molecule has 0 saturated heterocycles. The molecule has 0 fully saturated rings. The third-order valence-corrected chi connectivity index (χ3v) is 2.86. The molecule has 0 unspecified atom stereocenters. The molecule has 1 aromatic carbocycles. The maximum atomic E-state index is 5.20. The Labute approximate surface area is 86.4 Å². The first-order chi connectivity index (χ1) is 6.48. The lowest BCUT2D eigenvalue weighted by Crippen LogP contribution is -2.17. The molecule has 1 rings (SSSR count). The SMILES string of the molecule is C=C(C)C(C)(C)c1cccc(OC)c1. The summed E-state index contributed by atoms with van der Waals surface area (Å²) in [5, 5.41) is 0. The van der Waals surface area contributed by atoms with Gasteiger partial charge in [-0.05, 0) is 24.6 Å². The van der Waals surface area contributed by atoms with Gasteiger partial charge in [-0.3, -0.25) is 0 Å². The molecule has 0 aliphatic carbocycles. The molecule has 1 heteroatoms. The molecule has 0 atom stereocenters. The summed E-state index contributed by atoms with van der Waals surface area (Å²) in [6.45, 7) is 10.4. The quantitative estimate of drug-likeness (QED) is 0.662. The first-order valence-electron chi connectivity index (χ1n) is 4.79. The summed E-state index contributed by atoms with van der Waals surface area (Å²) in [6, 6.07) is 8.14. The van der Waals surface area contributed by atoms with E-state index in [2.05, 4.69) is 39.5 Å². The predicted molar refractivity (Wildman–Crippen MR) is 60.8 cm³/mol. The van der Waals surface area contributed by atoms with Gasteiger partial charge >= 0.3 is 0 Å². The molecular formula is C13H18O. The van der Waals surface area contributed by atoms with Crippen LogP contribution in [0.1, 0.15) is 26.3 Å². The fraction of sp³-hybridized carbons (Fsp3) is 0.385. The average molecular weight is 190 g/mol. The van der Waals surface area contributed by atoms with Crippen LogP contribution in [0.5, 0.6) is 5.75 Å². The van der Waals surface area contributed by atoms with Gasteiger partial charge in [0, 0.05) is 5.41 Å². The van der Waals surface area contributed by atoms with Crippen molar-refractivity contribution in [2.75, 3.05) is 7.11 Å². The van der Waals surface area contributed by atoms with Gasteiger partial charge in [0.1, 0.15) is 5.75 Å². The molecule has 1 aromatic rings. The van der Waals surface area contributed by atoms with Crippen LogP contribution in [0.2, 0.25) is 0 Å². The van der Waals surface area contributed by atoms with Crippen LogP contribution in [-0.4, -0.2) is 7.11 Å². The summed E-state index contributed by atoms with van der Waals surface area (Å²) < 4.78 is 5.20. The number of benzene rings is 1. The minimum absolute atomic E-state index is 0.00847. The van der Waals surface area contributed by atoms with Crippen molar-refractivity contribution in [1.82, 2.24) is 0 Å². The van der Waals surface area contributed by atoms with Crippen molar-refractivity contribution in [3.63, 3.8) is 0 Å². The van der Waals surface area contributed by atoms with Crippen molar-refractivity contribution in [2.24, 2.45) is 0 Å². The van der Waals surface area contributed by atoms with Crippen LogP contribution < -0.4 is 4.74 Å². The smallest absolute Gasteiger partial charge is 0.119 e. The zero-order chi connectivity index (χ0) is 10.8. The standard InChI is InChI=1S/C13H18O/c1-10(2)13(3,4)11-7-6-8-12(9-11)14-5/h6-9H,1H2,2-5H3. The third-order valence-electron chi connectivity index (χ3n) is 2.86. The van der Waals surface area contributed by atoms with Crippen molar-refractivity contribution in [3.05, 3.63) is 42.0 Å². The first-order valence-corrected chi connectivity index (χ1v) is 4.79. The molecule has 14 heavy (non-hydrogen) atoms. The number of ether oxygens (including phenoxy) is 1. The highest BCUT2D eigenvalue weighted by molar-refractivity contribution is 5.37. The van der Waals surface area contributed by atoms with E-state index in [0.717, 1.165) is 11.3 Å². The monoisotopic (exact) mass is 190 g/mol. The molecule has 0 aliphatic rings. The molecule has 1 nitrogen and oxygen atoms in total. The second-order valence-electron chi connectivity index (χ2n) is 4.14. The number of methoxy groups -OCH3 is 1. The largest absolute Gasteiger partial charge is 0.497 e. The Bertz CT molecular complexity index is 337. The van der Waals surface area contributed by atoms with Crippen LogP contribution in [-0.2, 0) is 5.41 Å². The van der Waals surface area contributed by atoms with Gasteiger partial charge in [-0.2, -0.15) is 0 Å². The lowest BCUT2D eigenvalue weighted by atomic mass is 9.79. The van der Waals surface area contributed by atoms with E-state index < -0.39 is 0 Å². The molecule has 0 saturated carbocycles. The Hall–Kier alpha value is -1.24. The van der Waals surface area contributed by atoms with Crippen LogP contribution in [0.15, 0.2) is 36.4 Å². The minimum atomic E-state index is 0.00847. The van der Waals surface area contributed by atoms with Crippen LogP contribution in [0.4, 0.5) is 0 Å². The van der Waals surface area contributed by atoms with Crippen LogP contribution in [0, 0.1) is 0 Å². The van der Waals surface area contributed by atoms with Crippen LogP contribution >= 0.6 is 0 Å². The van der Waals surface area contributed by atoms with Gasteiger partial charge < -0.3 is 4.74 Å². The van der Waals surface area contributed by atoms with E-state index in [1.165, 1.54) is 5.56 Å². The third kappa shape index (κ3) is 1.98. The van der Waals surface area contributed by atoms with Crippen molar-refractivity contribution in [3.8, 4) is 5.75 Å². The molecule has 0 radical (unpaired) electrons. The average Bonchev–Trinajstić information content (AvgIpc) is 2.17. The highest BCUT2D eigenvalue weighted by Crippen LogP contribution is 2.31. The van der Waals surface area contributed by atoms with Crippen LogP contribution in [0.25, 0.3) is 0 Å². The predicted octanol–water partition coefficient (Wildman–Crippen LogP) is 3.55. The summed E-state index contributed by atoms with van der Waals surface area (Å²) in [7, 11) is 1.69. The second-order valence-corrected chi connectivity index (χ2v) is 4.14. The second kappa shape index (κ2) is 3.87. The van der Waals surface area contributed by atoms with Gasteiger partial charge in [0.15, 0.2) is 0 Å². The maximum absolute atomic E-state index is 5.20. The molecule has 76 valence electrons. The van der Waals surface area contributed by atoms with E-state index in [0.29, 0.717) is 0 Å². The lowest BCUT2D eigenvalue weighted by Gasteiger charge is -2.26. The molecule has 0 amide bonds. The fourth-order valence-corrected chi connectivity index (χ4v) is 1.26. The molecule has 0 aromatic heterocycles. The van der Waals surface area contributed by atoms with Crippen molar-refractivity contribution >= 4 is 0 Å². The van der Waals surface area contributed by atoms with Gasteiger partial charge in [0.25, 0.3) is 0 Å². The van der Waals surface area contributed by atoms with Gasteiger partial charge in [-0.25, -0.2) is 0 Å². The minimum Gasteiger partial charge on any atom is -0.497 e. The number of hydrogen-bond donors (Lipinski definition) is 0. The Morgan fingerprint density at radius 3 is 2.50 bits per heavy atom. The Balaban J connectivity index is 3.12. The van der Waals surface area contributed by atoms with Crippen LogP contribution in [0.3, 0.4) is 0 Å². The lowest BCUT2D eigenvalue weighted by molar-refractivity contribution is 0.413. The molecule has 0 spiro atoms. The molecule has 0 heterocycles. The van der Waals surface area contributed by atoms with E-state index >= 15 is 0 Å². The van der Waals surface area contributed by atoms with Crippen molar-refractivity contribution in [1.29, 1.82) is 0 Å². The number of allylic oxidation sites excluding steroid dienone is 1. The van der Waals surface area contributed by atoms with Crippen molar-refractivity contribution < 1.29 is 4.74 Å². The normalized spacial score (nSPS) is 11.1. The summed E-state index contributed by atoms with van der Waals surface area (Å²) in [5.41, 5.74) is 2.41. The van der Waals surface area contributed by atoms with Gasteiger partial charge in [-0.1, -0.05) is 38.1 Å². The summed E-state index contributed by atoms with van der Waals surface area (Å²) >= 11 is 0. The Kier molecular flexibility index (Phi) is 3.00. The summed E-state index contributed by atoms with van der Waals surface area (Å²) in [6.07, 6.45) is 0. The summed E-state index contributed by atoms with van der Waals surface area (Å²) in [5.74, 6) is 0.900. The Morgan fingerprint density at radius 1 is 1.36 bits per heavy atom. The van der Waals surface area contributed by atoms with E-state index in [-0.39, 0.29) is 5.41 Å². The Morgan fingerprint density at radius 2 is 2.00 bits per heavy atom. The van der Waals surface area contributed by atoms with Crippen molar-refractivity contribution in [2.45, 2.75) is 26.2 Å². The first kappa shape index (κ1) is 10.8. The van der Waals surface area contributed by atoms with Gasteiger partial charge in [-0.15, -0.1) is 0 Å². The fourth-order valence-electron chi connectivity index (χ4n) is 1.26. The van der Waals surface area contributed by atoms with E-state index in [4.69, 9.17) is 4.74 Å². The highest BCUT2D eigenvalue weighted by Gasteiger charge is 2.21. The zero-order valence-corrected chi connectivity index (χ0v) is 9.42. The van der Waals surface area contributed by atoms with Gasteiger partial charge in [0.2, 0.25) is 0 Å². The molecule has 0 bridgehead atoms. The highest BCUT2D eigenvalue weighted by atomic mass is 16.5. The molecule has 0 aliphatic heterocycles.